The molecular weight excluding hydrogens is 414 g/mol. The Morgan fingerprint density at radius 2 is 1.61 bits per heavy atom. The SMILES string of the molecule is Cc1ccc(N([C@H](C)C(=O)Nc2ccccc2C(=O)N2CCCCC2)S(C)(=O)=O)cc1. The lowest BCUT2D eigenvalue weighted by molar-refractivity contribution is -0.116. The van der Waals surface area contributed by atoms with Gasteiger partial charge in [-0.1, -0.05) is 29.8 Å². The van der Waals surface area contributed by atoms with Gasteiger partial charge in [-0.3, -0.25) is 13.9 Å². The van der Waals surface area contributed by atoms with Gasteiger partial charge in [-0.15, -0.1) is 0 Å². The highest BCUT2D eigenvalue weighted by Gasteiger charge is 2.30. The Bertz CT molecular complexity index is 1040. The first kappa shape index (κ1) is 22.8. The molecule has 8 heteroatoms. The molecule has 1 N–H and O–H groups in total. The Morgan fingerprint density at radius 3 is 2.23 bits per heavy atom. The monoisotopic (exact) mass is 443 g/mol. The van der Waals surface area contributed by atoms with E-state index >= 15 is 0 Å². The number of aryl methyl sites for hydroxylation is 1. The van der Waals surface area contributed by atoms with E-state index < -0.39 is 22.0 Å². The Kier molecular flexibility index (Phi) is 7.00. The molecule has 0 bridgehead atoms. The molecule has 1 atom stereocenters. The number of nitrogens with zero attached hydrogens (tertiary/aromatic N) is 2. The largest absolute Gasteiger partial charge is 0.339 e. The molecule has 1 heterocycles. The summed E-state index contributed by atoms with van der Waals surface area (Å²) in [6, 6.07) is 12.8. The van der Waals surface area contributed by atoms with Crippen molar-refractivity contribution in [1.29, 1.82) is 0 Å². The first-order valence-corrected chi connectivity index (χ1v) is 12.3. The molecule has 2 amide bonds. The van der Waals surface area contributed by atoms with E-state index in [2.05, 4.69) is 5.32 Å². The summed E-state index contributed by atoms with van der Waals surface area (Å²) >= 11 is 0. The van der Waals surface area contributed by atoms with Crippen molar-refractivity contribution in [3.8, 4) is 0 Å². The van der Waals surface area contributed by atoms with E-state index in [0.29, 0.717) is 30.0 Å². The zero-order valence-electron chi connectivity index (χ0n) is 18.2. The van der Waals surface area contributed by atoms with Crippen LogP contribution in [0.25, 0.3) is 0 Å². The first-order valence-electron chi connectivity index (χ1n) is 10.4. The van der Waals surface area contributed by atoms with Crippen molar-refractivity contribution >= 4 is 33.2 Å². The second kappa shape index (κ2) is 9.51. The van der Waals surface area contributed by atoms with Gasteiger partial charge in [0.05, 0.1) is 23.2 Å². The number of sulfonamides is 1. The smallest absolute Gasteiger partial charge is 0.255 e. The molecule has 1 saturated heterocycles. The molecule has 0 aromatic heterocycles. The van der Waals surface area contributed by atoms with Crippen LogP contribution in [0.3, 0.4) is 0 Å². The average Bonchev–Trinajstić information content (AvgIpc) is 2.75. The molecule has 1 aliphatic heterocycles. The quantitative estimate of drug-likeness (QED) is 0.741. The van der Waals surface area contributed by atoms with Crippen LogP contribution in [0.15, 0.2) is 48.5 Å². The van der Waals surface area contributed by atoms with Gasteiger partial charge in [0.2, 0.25) is 15.9 Å². The topological polar surface area (TPSA) is 86.8 Å². The molecule has 1 aliphatic rings. The molecule has 0 radical (unpaired) electrons. The minimum atomic E-state index is -3.71. The summed E-state index contributed by atoms with van der Waals surface area (Å²) in [6.07, 6.45) is 4.12. The number of carbonyl (C=O) groups excluding carboxylic acids is 2. The molecule has 7 nitrogen and oxygen atoms in total. The van der Waals surface area contributed by atoms with E-state index in [-0.39, 0.29) is 5.91 Å². The summed E-state index contributed by atoms with van der Waals surface area (Å²) in [4.78, 5) is 27.8. The Morgan fingerprint density at radius 1 is 1.00 bits per heavy atom. The number of anilines is 2. The van der Waals surface area contributed by atoms with Gasteiger partial charge >= 0.3 is 0 Å². The third kappa shape index (κ3) is 5.44. The van der Waals surface area contributed by atoms with Crippen LogP contribution in [-0.2, 0) is 14.8 Å². The molecule has 2 aromatic carbocycles. The van der Waals surface area contributed by atoms with Crippen LogP contribution in [0, 0.1) is 6.92 Å². The summed E-state index contributed by atoms with van der Waals surface area (Å²) < 4.78 is 26.1. The highest BCUT2D eigenvalue weighted by molar-refractivity contribution is 7.92. The van der Waals surface area contributed by atoms with Crippen molar-refractivity contribution in [2.24, 2.45) is 0 Å². The second-order valence-electron chi connectivity index (χ2n) is 7.96. The van der Waals surface area contributed by atoms with Crippen LogP contribution >= 0.6 is 0 Å². The predicted molar refractivity (Wildman–Crippen MR) is 123 cm³/mol. The number of rotatable bonds is 6. The van der Waals surface area contributed by atoms with Gasteiger partial charge in [-0.05, 0) is 57.4 Å². The van der Waals surface area contributed by atoms with Gasteiger partial charge < -0.3 is 10.2 Å². The number of piperidine rings is 1. The molecule has 0 spiro atoms. The fraction of sp³-hybridized carbons (Fsp3) is 0.391. The van der Waals surface area contributed by atoms with Crippen molar-refractivity contribution in [3.63, 3.8) is 0 Å². The van der Waals surface area contributed by atoms with Gasteiger partial charge in [-0.25, -0.2) is 8.42 Å². The van der Waals surface area contributed by atoms with Crippen molar-refractivity contribution in [1.82, 2.24) is 4.90 Å². The molecule has 31 heavy (non-hydrogen) atoms. The molecule has 3 rings (SSSR count). The number of likely N-dealkylation sites (tertiary alicyclic amines) is 1. The second-order valence-corrected chi connectivity index (χ2v) is 9.82. The fourth-order valence-electron chi connectivity index (χ4n) is 3.78. The predicted octanol–water partition coefficient (Wildman–Crippen LogP) is 3.41. The minimum absolute atomic E-state index is 0.123. The van der Waals surface area contributed by atoms with E-state index in [4.69, 9.17) is 0 Å². The van der Waals surface area contributed by atoms with Crippen molar-refractivity contribution < 1.29 is 18.0 Å². The van der Waals surface area contributed by atoms with Crippen molar-refractivity contribution in [2.45, 2.75) is 39.2 Å². The van der Waals surface area contributed by atoms with Crippen LogP contribution < -0.4 is 9.62 Å². The molecule has 166 valence electrons. The summed E-state index contributed by atoms with van der Waals surface area (Å²) in [7, 11) is -3.71. The number of amides is 2. The van der Waals surface area contributed by atoms with Crippen LogP contribution in [0.5, 0.6) is 0 Å². The number of para-hydroxylation sites is 1. The molecule has 2 aromatic rings. The third-order valence-electron chi connectivity index (χ3n) is 5.44. The molecular formula is C23H29N3O4S. The van der Waals surface area contributed by atoms with Gasteiger partial charge in [0.25, 0.3) is 5.91 Å². The first-order chi connectivity index (χ1) is 14.7. The van der Waals surface area contributed by atoms with E-state index in [0.717, 1.165) is 35.4 Å². The van der Waals surface area contributed by atoms with E-state index in [1.807, 2.05) is 6.92 Å². The van der Waals surface area contributed by atoms with E-state index in [1.54, 1.807) is 53.4 Å². The fourth-order valence-corrected chi connectivity index (χ4v) is 4.96. The van der Waals surface area contributed by atoms with E-state index in [1.165, 1.54) is 6.92 Å². The number of hydrogen-bond acceptors (Lipinski definition) is 4. The van der Waals surface area contributed by atoms with Gasteiger partial charge in [0.1, 0.15) is 6.04 Å². The Labute approximate surface area is 184 Å². The zero-order valence-corrected chi connectivity index (χ0v) is 19.0. The molecule has 0 unspecified atom stereocenters. The summed E-state index contributed by atoms with van der Waals surface area (Å²) in [5, 5.41) is 2.77. The van der Waals surface area contributed by atoms with Gasteiger partial charge in [0, 0.05) is 13.1 Å². The van der Waals surface area contributed by atoms with Crippen molar-refractivity contribution in [3.05, 3.63) is 59.7 Å². The third-order valence-corrected chi connectivity index (χ3v) is 6.68. The lowest BCUT2D eigenvalue weighted by Crippen LogP contribution is -2.45. The van der Waals surface area contributed by atoms with Crippen LogP contribution in [-0.4, -0.2) is 50.5 Å². The molecule has 0 aliphatic carbocycles. The Balaban J connectivity index is 1.84. The van der Waals surface area contributed by atoms with Crippen LogP contribution in [0.2, 0.25) is 0 Å². The lowest BCUT2D eigenvalue weighted by atomic mass is 10.1. The maximum absolute atomic E-state index is 13.0. The normalized spacial score (nSPS) is 15.3. The zero-order chi connectivity index (χ0) is 22.6. The number of carbonyl (C=O) groups is 2. The van der Waals surface area contributed by atoms with E-state index in [9.17, 15) is 18.0 Å². The summed E-state index contributed by atoms with van der Waals surface area (Å²) in [5.74, 6) is -0.633. The number of hydrogen-bond donors (Lipinski definition) is 1. The molecule has 0 saturated carbocycles. The average molecular weight is 444 g/mol. The van der Waals surface area contributed by atoms with Gasteiger partial charge in [0.15, 0.2) is 0 Å². The highest BCUT2D eigenvalue weighted by atomic mass is 32.2. The Hall–Kier alpha value is -2.87. The van der Waals surface area contributed by atoms with Crippen LogP contribution in [0.1, 0.15) is 42.1 Å². The number of benzene rings is 2. The number of nitrogens with one attached hydrogen (secondary N) is 1. The lowest BCUT2D eigenvalue weighted by Gasteiger charge is -2.29. The maximum Gasteiger partial charge on any atom is 0.255 e. The minimum Gasteiger partial charge on any atom is -0.339 e. The summed E-state index contributed by atoms with van der Waals surface area (Å²) in [6.45, 7) is 4.84. The standard InChI is InChI=1S/C23H29N3O4S/c1-17-11-13-19(14-12-17)26(31(3,29)30)18(2)22(27)24-21-10-6-5-9-20(21)23(28)25-15-7-4-8-16-25/h5-6,9-14,18H,4,7-8,15-16H2,1-3H3,(H,24,27)/t18-/m1/s1. The van der Waals surface area contributed by atoms with Gasteiger partial charge in [-0.2, -0.15) is 0 Å². The maximum atomic E-state index is 13.0. The summed E-state index contributed by atoms with van der Waals surface area (Å²) in [5.41, 5.74) is 2.19. The van der Waals surface area contributed by atoms with Crippen LogP contribution in [0.4, 0.5) is 11.4 Å². The van der Waals surface area contributed by atoms with Crippen molar-refractivity contribution in [2.75, 3.05) is 29.0 Å². The molecule has 1 fully saturated rings. The highest BCUT2D eigenvalue weighted by Crippen LogP contribution is 2.24.